The van der Waals surface area contributed by atoms with Gasteiger partial charge in [0.1, 0.15) is 5.75 Å². The Balaban J connectivity index is 2.02. The van der Waals surface area contributed by atoms with Crippen LogP contribution in [0.3, 0.4) is 0 Å². The minimum atomic E-state index is -0.110. The van der Waals surface area contributed by atoms with Crippen molar-refractivity contribution in [3.8, 4) is 5.75 Å². The molecule has 0 heterocycles. The van der Waals surface area contributed by atoms with Crippen LogP contribution in [-0.2, 0) is 16.0 Å². The molecule has 1 aromatic carbocycles. The maximum absolute atomic E-state index is 12.2. The Labute approximate surface area is 223 Å². The van der Waals surface area contributed by atoms with Gasteiger partial charge < -0.3 is 9.84 Å². The number of hydrogen-bond acceptors (Lipinski definition) is 3. The van der Waals surface area contributed by atoms with Gasteiger partial charge in [0.05, 0.1) is 6.61 Å². The van der Waals surface area contributed by atoms with Crippen molar-refractivity contribution in [3.05, 3.63) is 28.8 Å². The van der Waals surface area contributed by atoms with Gasteiger partial charge in [0.25, 0.3) is 0 Å². The third-order valence-corrected chi connectivity index (χ3v) is 7.35. The summed E-state index contributed by atoms with van der Waals surface area (Å²) in [4.78, 5) is 12.2. The summed E-state index contributed by atoms with van der Waals surface area (Å²) in [5, 5.41) is 10.6. The van der Waals surface area contributed by atoms with E-state index < -0.39 is 0 Å². The van der Waals surface area contributed by atoms with Crippen LogP contribution in [0, 0.1) is 0 Å². The van der Waals surface area contributed by atoms with Crippen LogP contribution in [0.4, 0.5) is 0 Å². The van der Waals surface area contributed by atoms with Gasteiger partial charge in [-0.05, 0) is 41.4 Å². The monoisotopic (exact) mass is 502 g/mol. The molecular weight excluding hydrogens is 444 g/mol. The predicted octanol–water partition coefficient (Wildman–Crippen LogP) is 10.4. The second-order valence-electron chi connectivity index (χ2n) is 11.5. The lowest BCUT2D eigenvalue weighted by molar-refractivity contribution is -0.143. The summed E-state index contributed by atoms with van der Waals surface area (Å²) in [6.45, 7) is 11.2. The quantitative estimate of drug-likeness (QED) is 0.127. The zero-order valence-electron chi connectivity index (χ0n) is 24.5. The van der Waals surface area contributed by atoms with Gasteiger partial charge in [-0.3, -0.25) is 4.79 Å². The molecule has 0 bridgehead atoms. The summed E-state index contributed by atoms with van der Waals surface area (Å²) >= 11 is 0. The normalized spacial score (nSPS) is 11.5. The molecule has 0 radical (unpaired) electrons. The average Bonchev–Trinajstić information content (AvgIpc) is 2.84. The Bertz CT molecular complexity index is 663. The molecule has 0 atom stereocenters. The molecule has 0 aliphatic rings. The highest BCUT2D eigenvalue weighted by atomic mass is 16.5. The number of phenolic OH excluding ortho intramolecular Hbond substituents is 1. The standard InChI is InChI=1S/C33H58O3/c1-6-7-8-9-10-11-12-13-14-15-16-17-18-19-20-21-24-36-32(34)23-22-29-25-30(27(2)3)33(35)31(26-29)28(4)5/h25-28,35H,6-24H2,1-5H3. The van der Waals surface area contributed by atoms with Gasteiger partial charge in [-0.2, -0.15) is 0 Å². The predicted molar refractivity (Wildman–Crippen MR) is 155 cm³/mol. The second-order valence-corrected chi connectivity index (χ2v) is 11.5. The zero-order chi connectivity index (χ0) is 26.6. The topological polar surface area (TPSA) is 46.5 Å². The molecule has 0 fully saturated rings. The van der Waals surface area contributed by atoms with Gasteiger partial charge in [-0.15, -0.1) is 0 Å². The molecule has 1 aromatic rings. The molecule has 1 rings (SSSR count). The Morgan fingerprint density at radius 2 is 1.08 bits per heavy atom. The van der Waals surface area contributed by atoms with E-state index in [4.69, 9.17) is 4.74 Å². The lowest BCUT2D eigenvalue weighted by Gasteiger charge is -2.17. The fourth-order valence-corrected chi connectivity index (χ4v) is 4.92. The molecule has 0 aliphatic heterocycles. The lowest BCUT2D eigenvalue weighted by atomic mass is 9.90. The van der Waals surface area contributed by atoms with Crippen LogP contribution >= 0.6 is 0 Å². The molecule has 0 saturated carbocycles. The van der Waals surface area contributed by atoms with Crippen molar-refractivity contribution in [1.29, 1.82) is 0 Å². The molecule has 208 valence electrons. The molecule has 3 heteroatoms. The minimum absolute atomic E-state index is 0.110. The second kappa shape index (κ2) is 20.5. The Hall–Kier alpha value is -1.51. The number of aromatic hydroxyl groups is 1. The molecule has 0 aliphatic carbocycles. The molecule has 0 amide bonds. The van der Waals surface area contributed by atoms with Gasteiger partial charge in [0.15, 0.2) is 0 Å². The first-order valence-electron chi connectivity index (χ1n) is 15.4. The average molecular weight is 503 g/mol. The first-order chi connectivity index (χ1) is 17.4. The summed E-state index contributed by atoms with van der Waals surface area (Å²) in [7, 11) is 0. The van der Waals surface area contributed by atoms with Crippen molar-refractivity contribution in [1.82, 2.24) is 0 Å². The number of rotatable bonds is 22. The highest BCUT2D eigenvalue weighted by Gasteiger charge is 2.15. The number of esters is 1. The number of carbonyl (C=O) groups excluding carboxylic acids is 1. The van der Waals surface area contributed by atoms with Crippen molar-refractivity contribution in [3.63, 3.8) is 0 Å². The molecular formula is C33H58O3. The summed E-state index contributed by atoms with van der Waals surface area (Å²) < 4.78 is 5.47. The van der Waals surface area contributed by atoms with Crippen LogP contribution < -0.4 is 0 Å². The Morgan fingerprint density at radius 1 is 0.694 bits per heavy atom. The van der Waals surface area contributed by atoms with Gasteiger partial charge in [0, 0.05) is 6.42 Å². The van der Waals surface area contributed by atoms with Crippen LogP contribution in [0.15, 0.2) is 12.1 Å². The van der Waals surface area contributed by atoms with E-state index in [9.17, 15) is 9.90 Å². The summed E-state index contributed by atoms with van der Waals surface area (Å²) in [6.07, 6.45) is 22.6. The maximum atomic E-state index is 12.2. The van der Waals surface area contributed by atoms with Crippen molar-refractivity contribution in [2.75, 3.05) is 6.61 Å². The summed E-state index contributed by atoms with van der Waals surface area (Å²) in [5.41, 5.74) is 3.05. The van der Waals surface area contributed by atoms with Crippen molar-refractivity contribution < 1.29 is 14.6 Å². The number of ether oxygens (including phenoxy) is 1. The van der Waals surface area contributed by atoms with Crippen LogP contribution in [0.25, 0.3) is 0 Å². The molecule has 1 N–H and O–H groups in total. The van der Waals surface area contributed by atoms with Crippen molar-refractivity contribution in [2.24, 2.45) is 0 Å². The van der Waals surface area contributed by atoms with E-state index in [2.05, 4.69) is 46.8 Å². The van der Waals surface area contributed by atoms with Crippen molar-refractivity contribution in [2.45, 2.75) is 162 Å². The highest BCUT2D eigenvalue weighted by Crippen LogP contribution is 2.35. The molecule has 0 unspecified atom stereocenters. The molecule has 36 heavy (non-hydrogen) atoms. The molecule has 0 aromatic heterocycles. The number of aryl methyl sites for hydroxylation is 1. The summed E-state index contributed by atoms with van der Waals surface area (Å²) in [6, 6.07) is 4.10. The van der Waals surface area contributed by atoms with E-state index in [0.717, 1.165) is 29.5 Å². The SMILES string of the molecule is CCCCCCCCCCCCCCCCCCOC(=O)CCc1cc(C(C)C)c(O)c(C(C)C)c1. The molecule has 0 spiro atoms. The number of unbranched alkanes of at least 4 members (excludes halogenated alkanes) is 15. The number of carbonyl (C=O) groups is 1. The van der Waals surface area contributed by atoms with E-state index in [-0.39, 0.29) is 17.8 Å². The minimum Gasteiger partial charge on any atom is -0.507 e. The van der Waals surface area contributed by atoms with E-state index in [1.165, 1.54) is 89.9 Å². The fraction of sp³-hybridized carbons (Fsp3) is 0.788. The maximum Gasteiger partial charge on any atom is 0.306 e. The third kappa shape index (κ3) is 14.9. The van der Waals surface area contributed by atoms with E-state index in [1.807, 2.05) is 0 Å². The van der Waals surface area contributed by atoms with E-state index >= 15 is 0 Å². The van der Waals surface area contributed by atoms with Crippen molar-refractivity contribution >= 4 is 5.97 Å². The number of benzene rings is 1. The van der Waals surface area contributed by atoms with Gasteiger partial charge in [0.2, 0.25) is 0 Å². The third-order valence-electron chi connectivity index (χ3n) is 7.35. The Kier molecular flexibility index (Phi) is 18.6. The highest BCUT2D eigenvalue weighted by molar-refractivity contribution is 5.69. The van der Waals surface area contributed by atoms with Crippen LogP contribution in [0.1, 0.15) is 172 Å². The molecule has 0 saturated heterocycles. The van der Waals surface area contributed by atoms with Gasteiger partial charge in [-0.1, -0.05) is 143 Å². The number of phenols is 1. The largest absolute Gasteiger partial charge is 0.507 e. The lowest BCUT2D eigenvalue weighted by Crippen LogP contribution is -2.08. The van der Waals surface area contributed by atoms with E-state index in [1.54, 1.807) is 0 Å². The van der Waals surface area contributed by atoms with Crippen LogP contribution in [-0.4, -0.2) is 17.7 Å². The first-order valence-corrected chi connectivity index (χ1v) is 15.4. The summed E-state index contributed by atoms with van der Waals surface area (Å²) in [5.74, 6) is 0.810. The Morgan fingerprint density at radius 3 is 1.47 bits per heavy atom. The zero-order valence-corrected chi connectivity index (χ0v) is 24.5. The fourth-order valence-electron chi connectivity index (χ4n) is 4.92. The number of hydrogen-bond donors (Lipinski definition) is 1. The van der Waals surface area contributed by atoms with E-state index in [0.29, 0.717) is 25.2 Å². The first kappa shape index (κ1) is 32.5. The van der Waals surface area contributed by atoms with Gasteiger partial charge in [-0.25, -0.2) is 0 Å². The van der Waals surface area contributed by atoms with Gasteiger partial charge >= 0.3 is 5.97 Å². The molecule has 3 nitrogen and oxygen atoms in total. The van der Waals surface area contributed by atoms with Crippen LogP contribution in [0.2, 0.25) is 0 Å². The smallest absolute Gasteiger partial charge is 0.306 e. The van der Waals surface area contributed by atoms with Crippen LogP contribution in [0.5, 0.6) is 5.75 Å².